The highest BCUT2D eigenvalue weighted by atomic mass is 35.5. The first kappa shape index (κ1) is 35.7. The molecule has 4 aliphatic rings. The van der Waals surface area contributed by atoms with E-state index in [1.165, 1.54) is 37.7 Å². The highest BCUT2D eigenvalue weighted by Gasteiger charge is 2.59. The van der Waals surface area contributed by atoms with E-state index in [0.29, 0.717) is 17.3 Å². The number of esters is 1. The molecule has 0 heterocycles. The summed E-state index contributed by atoms with van der Waals surface area (Å²) in [5.41, 5.74) is 3.85. The van der Waals surface area contributed by atoms with E-state index in [-0.39, 0.29) is 47.6 Å². The van der Waals surface area contributed by atoms with Crippen LogP contribution < -0.4 is 11.0 Å². The lowest BCUT2D eigenvalue weighted by atomic mass is 9.47. The minimum absolute atomic E-state index is 0. The van der Waals surface area contributed by atoms with Crippen molar-refractivity contribution < 1.29 is 20.8 Å². The number of amides is 1. The third-order valence-corrected chi connectivity index (χ3v) is 12.7. The van der Waals surface area contributed by atoms with Crippen LogP contribution in [-0.4, -0.2) is 40.8 Å². The number of carbonyl (C=O) groups excluding carboxylic acids is 2. The highest BCUT2D eigenvalue weighted by molar-refractivity contribution is 5.87. The molecule has 3 saturated carbocycles. The molecule has 0 aromatic carbocycles. The SMILES string of the molecule is Cl.[2H]N[C@@H](C(=O)N[C@H](C(=O)O[C@H]1CC[C@@]2(C)C(=CC[C@H]3[C@@H]4CC[C@H]([C@H](C)CCCC(C)(C)O)[C@@]4(C)CC[C@@H]32)C1)C(C)C)C(C)C. The average Bonchev–Trinajstić information content (AvgIpc) is 3.28. The average molecular weight is 638 g/mol. The predicted molar refractivity (Wildman–Crippen MR) is 181 cm³/mol. The molecule has 254 valence electrons. The molecule has 0 aromatic rings. The first-order valence-electron chi connectivity index (χ1n) is 18.1. The van der Waals surface area contributed by atoms with Crippen LogP contribution in [0.15, 0.2) is 11.6 Å². The number of ether oxygens (including phenoxy) is 1. The van der Waals surface area contributed by atoms with Crippen LogP contribution in [0, 0.1) is 52.3 Å². The van der Waals surface area contributed by atoms with Crippen LogP contribution in [-0.2, 0) is 14.3 Å². The molecule has 7 heteroatoms. The van der Waals surface area contributed by atoms with Gasteiger partial charge in [0, 0.05) is 6.42 Å². The molecule has 4 aliphatic carbocycles. The van der Waals surface area contributed by atoms with Crippen molar-refractivity contribution >= 4 is 24.3 Å². The molecular weight excluding hydrogens is 572 g/mol. The van der Waals surface area contributed by atoms with Gasteiger partial charge in [0.2, 0.25) is 5.91 Å². The summed E-state index contributed by atoms with van der Waals surface area (Å²) in [5, 5.41) is 13.1. The Morgan fingerprint density at radius 2 is 1.80 bits per heavy atom. The Balaban J connectivity index is 0.00000552. The zero-order valence-corrected chi connectivity index (χ0v) is 30.0. The van der Waals surface area contributed by atoms with Gasteiger partial charge in [-0.05, 0) is 117 Å². The second-order valence-electron chi connectivity index (χ2n) is 16.9. The third-order valence-electron chi connectivity index (χ3n) is 12.7. The van der Waals surface area contributed by atoms with Gasteiger partial charge in [0.05, 0.1) is 11.6 Å². The van der Waals surface area contributed by atoms with E-state index in [4.69, 9.17) is 6.15 Å². The normalized spacial score (nSPS) is 35.7. The molecule has 3 fully saturated rings. The largest absolute Gasteiger partial charge is 0.461 e. The lowest BCUT2D eigenvalue weighted by Gasteiger charge is -2.58. The topological polar surface area (TPSA) is 102 Å². The zero-order valence-electron chi connectivity index (χ0n) is 30.2. The Kier molecular flexibility index (Phi) is 11.6. The number of hydrogen-bond donors (Lipinski definition) is 3. The van der Waals surface area contributed by atoms with Crippen molar-refractivity contribution in [3.63, 3.8) is 0 Å². The minimum atomic E-state index is -0.723. The number of nitrogens with two attached hydrogens (primary N) is 1. The van der Waals surface area contributed by atoms with Gasteiger partial charge >= 0.3 is 5.97 Å². The summed E-state index contributed by atoms with van der Waals surface area (Å²) in [7, 11) is 0. The van der Waals surface area contributed by atoms with Crippen molar-refractivity contribution in [2.24, 2.45) is 58.0 Å². The van der Waals surface area contributed by atoms with Gasteiger partial charge in [0.15, 0.2) is 0 Å². The number of nitrogens with one attached hydrogen (secondary N) is 1. The maximum atomic E-state index is 13.4. The lowest BCUT2D eigenvalue weighted by Crippen LogP contribution is -2.53. The van der Waals surface area contributed by atoms with Crippen molar-refractivity contribution in [1.82, 2.24) is 5.32 Å². The second-order valence-corrected chi connectivity index (χ2v) is 16.9. The van der Waals surface area contributed by atoms with Crippen molar-refractivity contribution in [3.8, 4) is 0 Å². The molecular formula is C37H65ClN2O4. The first-order valence-corrected chi connectivity index (χ1v) is 17.6. The molecule has 0 aromatic heterocycles. The fourth-order valence-corrected chi connectivity index (χ4v) is 10.0. The van der Waals surface area contributed by atoms with Crippen LogP contribution in [0.2, 0.25) is 1.41 Å². The Labute approximate surface area is 276 Å². The van der Waals surface area contributed by atoms with Crippen LogP contribution in [0.5, 0.6) is 0 Å². The van der Waals surface area contributed by atoms with E-state index in [9.17, 15) is 14.7 Å². The third kappa shape index (κ3) is 7.71. The summed E-state index contributed by atoms with van der Waals surface area (Å²) < 4.78 is 13.7. The van der Waals surface area contributed by atoms with Gasteiger partial charge in [-0.25, -0.2) is 4.79 Å². The predicted octanol–water partition coefficient (Wildman–Crippen LogP) is 7.60. The zero-order chi connectivity index (χ0) is 32.6. The Morgan fingerprint density at radius 3 is 2.41 bits per heavy atom. The van der Waals surface area contributed by atoms with Gasteiger partial charge in [-0.2, -0.15) is 0 Å². The Bertz CT molecular complexity index is 1060. The van der Waals surface area contributed by atoms with Crippen molar-refractivity contribution in [2.75, 3.05) is 0 Å². The minimum Gasteiger partial charge on any atom is -0.461 e. The van der Waals surface area contributed by atoms with E-state index in [1.54, 1.807) is 0 Å². The second kappa shape index (κ2) is 14.3. The number of hydrogen-bond acceptors (Lipinski definition) is 5. The molecule has 4 N–H and O–H groups in total. The van der Waals surface area contributed by atoms with E-state index in [2.05, 4.69) is 37.9 Å². The first-order chi connectivity index (χ1) is 20.5. The molecule has 0 saturated heterocycles. The maximum Gasteiger partial charge on any atom is 0.329 e. The molecule has 0 spiro atoms. The van der Waals surface area contributed by atoms with Crippen LogP contribution in [0.1, 0.15) is 133 Å². The van der Waals surface area contributed by atoms with E-state index >= 15 is 0 Å². The molecule has 1 amide bonds. The van der Waals surface area contributed by atoms with Crippen molar-refractivity contribution in [2.45, 2.75) is 157 Å². The fraction of sp³-hybridized carbons (Fsp3) is 0.892. The molecule has 0 aliphatic heterocycles. The summed E-state index contributed by atoms with van der Waals surface area (Å²) in [6, 6.07) is -1.40. The van der Waals surface area contributed by atoms with Gasteiger partial charge in [0.1, 0.15) is 13.6 Å². The van der Waals surface area contributed by atoms with E-state index < -0.39 is 17.7 Å². The van der Waals surface area contributed by atoms with E-state index in [1.807, 2.05) is 41.5 Å². The monoisotopic (exact) mass is 637 g/mol. The molecule has 0 unspecified atom stereocenters. The Hall–Kier alpha value is -1.11. The van der Waals surface area contributed by atoms with Gasteiger partial charge in [0.25, 0.3) is 0 Å². The quantitative estimate of drug-likeness (QED) is 0.151. The smallest absolute Gasteiger partial charge is 0.329 e. The number of aliphatic hydroxyl groups is 1. The fourth-order valence-electron chi connectivity index (χ4n) is 10.0. The molecule has 0 bridgehead atoms. The molecule has 44 heavy (non-hydrogen) atoms. The number of carbonyl (C=O) groups is 2. The summed E-state index contributed by atoms with van der Waals surface area (Å²) in [5.74, 6) is 2.88. The molecule has 6 nitrogen and oxygen atoms in total. The van der Waals surface area contributed by atoms with Crippen molar-refractivity contribution in [1.29, 1.82) is 0 Å². The Morgan fingerprint density at radius 1 is 1.09 bits per heavy atom. The lowest BCUT2D eigenvalue weighted by molar-refractivity contribution is -0.156. The summed E-state index contributed by atoms with van der Waals surface area (Å²) in [6.45, 7) is 19.1. The number of rotatable bonds is 12. The number of fused-ring (bicyclic) bond motifs is 5. The van der Waals surface area contributed by atoms with Crippen molar-refractivity contribution in [3.05, 3.63) is 11.6 Å². The summed E-state index contributed by atoms with van der Waals surface area (Å²) in [4.78, 5) is 26.2. The molecule has 10 atom stereocenters. The highest BCUT2D eigenvalue weighted by Crippen LogP contribution is 2.67. The van der Waals surface area contributed by atoms with Gasteiger partial charge < -0.3 is 20.9 Å². The van der Waals surface area contributed by atoms with E-state index in [0.717, 1.165) is 56.3 Å². The summed E-state index contributed by atoms with van der Waals surface area (Å²) >= 11 is 0. The maximum absolute atomic E-state index is 13.4. The van der Waals surface area contributed by atoms with Crippen LogP contribution >= 0.6 is 12.4 Å². The van der Waals surface area contributed by atoms with Gasteiger partial charge in [-0.15, -0.1) is 12.4 Å². The van der Waals surface area contributed by atoms with Gasteiger partial charge in [-0.1, -0.05) is 73.0 Å². The van der Waals surface area contributed by atoms with Gasteiger partial charge in [-0.3, -0.25) is 4.79 Å². The molecule has 4 rings (SSSR count). The van der Waals surface area contributed by atoms with Crippen LogP contribution in [0.3, 0.4) is 0 Å². The summed E-state index contributed by atoms with van der Waals surface area (Å²) in [6.07, 6.45) is 14.8. The van der Waals surface area contributed by atoms with Crippen LogP contribution in [0.25, 0.3) is 0 Å². The number of halogens is 1. The van der Waals surface area contributed by atoms with Crippen LogP contribution in [0.4, 0.5) is 0 Å². The number of allylic oxidation sites excluding steroid dienone is 1. The standard InChI is InChI=1S/C37H64N2O4.ClH/c1-22(2)31(38)33(40)39-32(23(3)4)34(41)43-26-16-19-36(8)25(21-26)12-13-27-29-15-14-28(37(29,9)20-17-30(27)36)24(5)11-10-18-35(6,7)42;/h12,22-24,26-32,42H,10-11,13-21,38H2,1-9H3,(H,39,40);1H/t24-,26+,27+,28-,29+,30+,31-,32+,36+,37-;/m1./s1/i/hD. The molecule has 0 radical (unpaired) electrons.